The molecule has 0 aliphatic carbocycles. The summed E-state index contributed by atoms with van der Waals surface area (Å²) in [6, 6.07) is 9.05. The minimum atomic E-state index is 0.238. The largest absolute Gasteiger partial charge is 0.304 e. The number of hydrogen-bond donors (Lipinski definition) is 2. The molecule has 0 aliphatic heterocycles. The zero-order chi connectivity index (χ0) is 14.3. The third kappa shape index (κ3) is 4.94. The van der Waals surface area contributed by atoms with Crippen LogP contribution >= 0.6 is 0 Å². The van der Waals surface area contributed by atoms with E-state index >= 15 is 0 Å². The average molecular weight is 263 g/mol. The standard InChI is InChI=1S/C16H29N3/c1-5-19(6-2)12-11-16(18-17)15-9-7-14(8-10-15)13(3)4/h7-10,13,16,18H,5-6,11-12,17H2,1-4H3. The van der Waals surface area contributed by atoms with Gasteiger partial charge in [-0.15, -0.1) is 0 Å². The molecule has 0 spiro atoms. The van der Waals surface area contributed by atoms with Gasteiger partial charge in [0, 0.05) is 6.04 Å². The van der Waals surface area contributed by atoms with Crippen LogP contribution < -0.4 is 11.3 Å². The molecule has 19 heavy (non-hydrogen) atoms. The van der Waals surface area contributed by atoms with Crippen molar-refractivity contribution in [2.75, 3.05) is 19.6 Å². The van der Waals surface area contributed by atoms with Crippen LogP contribution in [0.15, 0.2) is 24.3 Å². The first-order valence-corrected chi connectivity index (χ1v) is 7.40. The highest BCUT2D eigenvalue weighted by Crippen LogP contribution is 2.20. The molecule has 0 aromatic heterocycles. The van der Waals surface area contributed by atoms with E-state index in [1.807, 2.05) is 0 Å². The number of nitrogens with one attached hydrogen (secondary N) is 1. The van der Waals surface area contributed by atoms with E-state index in [-0.39, 0.29) is 6.04 Å². The van der Waals surface area contributed by atoms with E-state index in [4.69, 9.17) is 5.84 Å². The van der Waals surface area contributed by atoms with E-state index in [0.29, 0.717) is 5.92 Å². The summed E-state index contributed by atoms with van der Waals surface area (Å²) < 4.78 is 0. The van der Waals surface area contributed by atoms with E-state index < -0.39 is 0 Å². The Morgan fingerprint density at radius 3 is 2.00 bits per heavy atom. The van der Waals surface area contributed by atoms with Crippen LogP contribution in [0.5, 0.6) is 0 Å². The first kappa shape index (κ1) is 16.2. The predicted molar refractivity (Wildman–Crippen MR) is 83.0 cm³/mol. The zero-order valence-electron chi connectivity index (χ0n) is 12.8. The molecule has 0 bridgehead atoms. The number of hydrazine groups is 1. The second-order valence-corrected chi connectivity index (χ2v) is 5.36. The molecule has 0 heterocycles. The molecule has 0 saturated carbocycles. The summed E-state index contributed by atoms with van der Waals surface area (Å²) in [4.78, 5) is 2.42. The first-order chi connectivity index (χ1) is 9.12. The number of hydrogen-bond acceptors (Lipinski definition) is 3. The molecule has 1 rings (SSSR count). The topological polar surface area (TPSA) is 41.3 Å². The Balaban J connectivity index is 2.63. The van der Waals surface area contributed by atoms with Crippen LogP contribution in [0.25, 0.3) is 0 Å². The Kier molecular flexibility index (Phi) is 7.06. The molecule has 0 amide bonds. The van der Waals surface area contributed by atoms with Gasteiger partial charge in [0.1, 0.15) is 0 Å². The molecule has 0 fully saturated rings. The van der Waals surface area contributed by atoms with E-state index in [2.05, 4.69) is 62.3 Å². The van der Waals surface area contributed by atoms with Gasteiger partial charge in [-0.1, -0.05) is 52.0 Å². The molecule has 1 atom stereocenters. The van der Waals surface area contributed by atoms with E-state index in [1.54, 1.807) is 0 Å². The normalized spacial score (nSPS) is 13.2. The highest BCUT2D eigenvalue weighted by atomic mass is 15.2. The van der Waals surface area contributed by atoms with Crippen molar-refractivity contribution in [2.45, 2.75) is 46.1 Å². The molecular formula is C16H29N3. The smallest absolute Gasteiger partial charge is 0.0472 e. The van der Waals surface area contributed by atoms with Crippen molar-refractivity contribution < 1.29 is 0 Å². The van der Waals surface area contributed by atoms with Crippen LogP contribution in [0.1, 0.15) is 57.2 Å². The van der Waals surface area contributed by atoms with Crippen LogP contribution in [0.2, 0.25) is 0 Å². The second-order valence-electron chi connectivity index (χ2n) is 5.36. The van der Waals surface area contributed by atoms with Gasteiger partial charge in [-0.3, -0.25) is 11.3 Å². The monoisotopic (exact) mass is 263 g/mol. The van der Waals surface area contributed by atoms with Gasteiger partial charge in [0.15, 0.2) is 0 Å². The second kappa shape index (κ2) is 8.31. The van der Waals surface area contributed by atoms with E-state index in [1.165, 1.54) is 11.1 Å². The highest BCUT2D eigenvalue weighted by Gasteiger charge is 2.11. The fourth-order valence-electron chi connectivity index (χ4n) is 2.31. The van der Waals surface area contributed by atoms with E-state index in [9.17, 15) is 0 Å². The van der Waals surface area contributed by atoms with Crippen molar-refractivity contribution in [1.82, 2.24) is 10.3 Å². The SMILES string of the molecule is CCN(CC)CCC(NN)c1ccc(C(C)C)cc1. The lowest BCUT2D eigenvalue weighted by molar-refractivity contribution is 0.282. The lowest BCUT2D eigenvalue weighted by Crippen LogP contribution is -2.32. The Morgan fingerprint density at radius 2 is 1.58 bits per heavy atom. The zero-order valence-corrected chi connectivity index (χ0v) is 12.8. The van der Waals surface area contributed by atoms with Gasteiger partial charge in [0.2, 0.25) is 0 Å². The Hall–Kier alpha value is -0.900. The lowest BCUT2D eigenvalue weighted by Gasteiger charge is -2.23. The molecule has 108 valence electrons. The maximum absolute atomic E-state index is 5.70. The minimum absolute atomic E-state index is 0.238. The quantitative estimate of drug-likeness (QED) is 0.559. The van der Waals surface area contributed by atoms with Crippen molar-refractivity contribution >= 4 is 0 Å². The molecule has 1 aromatic rings. The van der Waals surface area contributed by atoms with Crippen LogP contribution in [0, 0.1) is 0 Å². The Bertz CT molecular complexity index is 342. The first-order valence-electron chi connectivity index (χ1n) is 7.40. The van der Waals surface area contributed by atoms with Gasteiger partial charge in [-0.25, -0.2) is 0 Å². The maximum atomic E-state index is 5.70. The summed E-state index contributed by atoms with van der Waals surface area (Å²) in [6.07, 6.45) is 1.04. The fraction of sp³-hybridized carbons (Fsp3) is 0.625. The lowest BCUT2D eigenvalue weighted by atomic mass is 9.98. The molecule has 3 heteroatoms. The fourth-order valence-corrected chi connectivity index (χ4v) is 2.31. The molecular weight excluding hydrogens is 234 g/mol. The predicted octanol–water partition coefficient (Wildman–Crippen LogP) is 3.05. The number of nitrogens with two attached hydrogens (primary N) is 1. The van der Waals surface area contributed by atoms with Crippen molar-refractivity contribution in [3.8, 4) is 0 Å². The van der Waals surface area contributed by atoms with Crippen molar-refractivity contribution in [3.05, 3.63) is 35.4 Å². The van der Waals surface area contributed by atoms with Crippen LogP contribution in [-0.4, -0.2) is 24.5 Å². The van der Waals surface area contributed by atoms with Gasteiger partial charge < -0.3 is 4.90 Å². The highest BCUT2D eigenvalue weighted by molar-refractivity contribution is 5.26. The molecule has 0 aliphatic rings. The van der Waals surface area contributed by atoms with Gasteiger partial charge >= 0.3 is 0 Å². The molecule has 1 aromatic carbocycles. The number of nitrogens with zero attached hydrogens (tertiary/aromatic N) is 1. The summed E-state index contributed by atoms with van der Waals surface area (Å²) in [6.45, 7) is 12.1. The Morgan fingerprint density at radius 1 is 1.05 bits per heavy atom. The molecule has 0 saturated heterocycles. The number of benzene rings is 1. The van der Waals surface area contributed by atoms with E-state index in [0.717, 1.165) is 26.1 Å². The molecule has 3 nitrogen and oxygen atoms in total. The third-order valence-corrected chi connectivity index (χ3v) is 3.84. The minimum Gasteiger partial charge on any atom is -0.304 e. The Labute approximate surface area is 118 Å². The summed E-state index contributed by atoms with van der Waals surface area (Å²) in [5, 5.41) is 0. The van der Waals surface area contributed by atoms with Gasteiger partial charge in [0.25, 0.3) is 0 Å². The van der Waals surface area contributed by atoms with Crippen LogP contribution in [-0.2, 0) is 0 Å². The van der Waals surface area contributed by atoms with Crippen molar-refractivity contribution in [3.63, 3.8) is 0 Å². The average Bonchev–Trinajstić information content (AvgIpc) is 2.44. The summed E-state index contributed by atoms with van der Waals surface area (Å²) >= 11 is 0. The van der Waals surface area contributed by atoms with Crippen molar-refractivity contribution in [1.29, 1.82) is 0 Å². The van der Waals surface area contributed by atoms with Gasteiger partial charge in [-0.05, 0) is 43.1 Å². The van der Waals surface area contributed by atoms with Gasteiger partial charge in [0.05, 0.1) is 0 Å². The van der Waals surface area contributed by atoms with Crippen molar-refractivity contribution in [2.24, 2.45) is 5.84 Å². The maximum Gasteiger partial charge on any atom is 0.0472 e. The van der Waals surface area contributed by atoms with Crippen LogP contribution in [0.4, 0.5) is 0 Å². The molecule has 3 N–H and O–H groups in total. The number of rotatable bonds is 8. The summed E-state index contributed by atoms with van der Waals surface area (Å²) in [7, 11) is 0. The third-order valence-electron chi connectivity index (χ3n) is 3.84. The molecule has 1 unspecified atom stereocenters. The van der Waals surface area contributed by atoms with Crippen LogP contribution in [0.3, 0.4) is 0 Å². The molecule has 0 radical (unpaired) electrons. The van der Waals surface area contributed by atoms with Gasteiger partial charge in [-0.2, -0.15) is 0 Å². The summed E-state index contributed by atoms with van der Waals surface area (Å²) in [5.41, 5.74) is 5.60. The summed E-state index contributed by atoms with van der Waals surface area (Å²) in [5.74, 6) is 6.28.